The highest BCUT2D eigenvalue weighted by Gasteiger charge is 2.21. The Balaban J connectivity index is 0.00000320. The fourth-order valence-electron chi connectivity index (χ4n) is 3.53. The highest BCUT2D eigenvalue weighted by molar-refractivity contribution is 14.0. The van der Waals surface area contributed by atoms with Gasteiger partial charge in [0.25, 0.3) is 0 Å². The molecule has 1 aliphatic rings. The van der Waals surface area contributed by atoms with Crippen LogP contribution in [0.5, 0.6) is 0 Å². The minimum atomic E-state index is 0. The van der Waals surface area contributed by atoms with Crippen molar-refractivity contribution in [1.29, 1.82) is 0 Å². The zero-order valence-corrected chi connectivity index (χ0v) is 20.8. The summed E-state index contributed by atoms with van der Waals surface area (Å²) in [5, 5.41) is 7.35. The number of aromatic nitrogens is 1. The summed E-state index contributed by atoms with van der Waals surface area (Å²) in [5.41, 5.74) is 2.47. The Bertz CT molecular complexity index is 763. The van der Waals surface area contributed by atoms with Crippen LogP contribution in [0.3, 0.4) is 0 Å². The number of para-hydroxylation sites is 1. The van der Waals surface area contributed by atoms with Gasteiger partial charge in [-0.3, -0.25) is 9.89 Å². The van der Waals surface area contributed by atoms with Crippen LogP contribution in [-0.2, 0) is 6.42 Å². The molecular formula is C22H32ClIN6. The van der Waals surface area contributed by atoms with Crippen LogP contribution in [0, 0.1) is 0 Å². The molecule has 0 radical (unpaired) electrons. The number of guanidine groups is 1. The molecule has 2 aromatic rings. The number of hydrogen-bond donors (Lipinski definition) is 2. The highest BCUT2D eigenvalue weighted by Crippen LogP contribution is 2.16. The summed E-state index contributed by atoms with van der Waals surface area (Å²) in [4.78, 5) is 13.5. The Hall–Kier alpha value is -1.58. The first kappa shape index (κ1) is 24.7. The van der Waals surface area contributed by atoms with E-state index in [1.807, 2.05) is 25.4 Å². The van der Waals surface area contributed by atoms with Crippen LogP contribution in [0.1, 0.15) is 12.5 Å². The van der Waals surface area contributed by atoms with E-state index in [1.165, 1.54) is 5.69 Å². The standard InChI is InChI=1S/C22H31ClN6.HI/c1-18(28-12-14-29(15-13-28)20-6-4-3-5-7-20)16-27-22(24-2)25-11-10-19-8-9-21(23)26-17-19;/h3-9,17-18H,10-16H2,1-2H3,(H2,24,25,27);1H. The fourth-order valence-corrected chi connectivity index (χ4v) is 3.65. The summed E-state index contributed by atoms with van der Waals surface area (Å²) < 4.78 is 0. The van der Waals surface area contributed by atoms with Gasteiger partial charge in [0.1, 0.15) is 5.15 Å². The second kappa shape index (κ2) is 13.0. The van der Waals surface area contributed by atoms with Crippen LogP contribution < -0.4 is 15.5 Å². The second-order valence-corrected chi connectivity index (χ2v) is 7.71. The summed E-state index contributed by atoms with van der Waals surface area (Å²) in [6.45, 7) is 8.23. The van der Waals surface area contributed by atoms with Gasteiger partial charge in [-0.15, -0.1) is 24.0 Å². The van der Waals surface area contributed by atoms with E-state index in [4.69, 9.17) is 11.6 Å². The van der Waals surface area contributed by atoms with E-state index in [9.17, 15) is 0 Å². The van der Waals surface area contributed by atoms with Gasteiger partial charge in [-0.2, -0.15) is 0 Å². The molecule has 1 aromatic carbocycles. The van der Waals surface area contributed by atoms with Crippen molar-refractivity contribution in [3.05, 3.63) is 59.4 Å². The van der Waals surface area contributed by atoms with E-state index >= 15 is 0 Å². The van der Waals surface area contributed by atoms with Gasteiger partial charge in [0.05, 0.1) is 0 Å². The quantitative estimate of drug-likeness (QED) is 0.243. The highest BCUT2D eigenvalue weighted by atomic mass is 127. The summed E-state index contributed by atoms with van der Waals surface area (Å²) in [6, 6.07) is 14.9. The van der Waals surface area contributed by atoms with Gasteiger partial charge in [0, 0.05) is 64.2 Å². The number of nitrogens with one attached hydrogen (secondary N) is 2. The van der Waals surface area contributed by atoms with Crippen LogP contribution >= 0.6 is 35.6 Å². The Labute approximate surface area is 202 Å². The molecule has 6 nitrogen and oxygen atoms in total. The lowest BCUT2D eigenvalue weighted by atomic mass is 10.2. The first-order valence-corrected chi connectivity index (χ1v) is 10.6. The largest absolute Gasteiger partial charge is 0.369 e. The number of pyridine rings is 1. The van der Waals surface area contributed by atoms with Gasteiger partial charge in [-0.1, -0.05) is 35.9 Å². The molecule has 1 aliphatic heterocycles. The molecule has 30 heavy (non-hydrogen) atoms. The summed E-state index contributed by atoms with van der Waals surface area (Å²) >= 11 is 5.83. The lowest BCUT2D eigenvalue weighted by Gasteiger charge is -2.39. The SMILES string of the molecule is CN=C(NCCc1ccc(Cl)nc1)NCC(C)N1CCN(c2ccccc2)CC1.I. The third-order valence-corrected chi connectivity index (χ3v) is 5.57. The Morgan fingerprint density at radius 3 is 2.47 bits per heavy atom. The van der Waals surface area contributed by atoms with Crippen molar-refractivity contribution in [3.63, 3.8) is 0 Å². The molecule has 1 fully saturated rings. The van der Waals surface area contributed by atoms with Crippen LogP contribution in [0.25, 0.3) is 0 Å². The molecular weight excluding hydrogens is 511 g/mol. The summed E-state index contributed by atoms with van der Waals surface area (Å²) in [7, 11) is 1.81. The molecule has 1 atom stereocenters. The maximum atomic E-state index is 5.83. The molecule has 0 bridgehead atoms. The van der Waals surface area contributed by atoms with E-state index in [0.29, 0.717) is 11.2 Å². The predicted molar refractivity (Wildman–Crippen MR) is 137 cm³/mol. The average Bonchev–Trinajstić information content (AvgIpc) is 2.78. The molecule has 2 heterocycles. The van der Waals surface area contributed by atoms with Crippen molar-refractivity contribution in [3.8, 4) is 0 Å². The topological polar surface area (TPSA) is 55.8 Å². The maximum absolute atomic E-state index is 5.83. The average molecular weight is 543 g/mol. The van der Waals surface area contributed by atoms with Crippen LogP contribution in [0.15, 0.2) is 53.7 Å². The molecule has 2 N–H and O–H groups in total. The van der Waals surface area contributed by atoms with Crippen molar-refractivity contribution in [2.24, 2.45) is 4.99 Å². The number of benzene rings is 1. The van der Waals surface area contributed by atoms with Gasteiger partial charge in [-0.25, -0.2) is 4.98 Å². The molecule has 1 aromatic heterocycles. The van der Waals surface area contributed by atoms with E-state index in [2.05, 4.69) is 67.7 Å². The molecule has 0 saturated carbocycles. The zero-order chi connectivity index (χ0) is 20.5. The number of anilines is 1. The first-order valence-electron chi connectivity index (χ1n) is 10.2. The van der Waals surface area contributed by atoms with E-state index in [1.54, 1.807) is 0 Å². The maximum Gasteiger partial charge on any atom is 0.191 e. The first-order chi connectivity index (χ1) is 14.2. The minimum Gasteiger partial charge on any atom is -0.369 e. The summed E-state index contributed by atoms with van der Waals surface area (Å²) in [6.07, 6.45) is 2.69. The van der Waals surface area contributed by atoms with Crippen molar-refractivity contribution in [2.45, 2.75) is 19.4 Å². The molecule has 0 aliphatic carbocycles. The predicted octanol–water partition coefficient (Wildman–Crippen LogP) is 3.27. The number of halogens is 2. The smallest absolute Gasteiger partial charge is 0.191 e. The van der Waals surface area contributed by atoms with Crippen LogP contribution in [-0.4, -0.2) is 68.2 Å². The van der Waals surface area contributed by atoms with Crippen LogP contribution in [0.2, 0.25) is 5.15 Å². The number of hydrogen-bond acceptors (Lipinski definition) is 4. The molecule has 3 rings (SSSR count). The van der Waals surface area contributed by atoms with Crippen LogP contribution in [0.4, 0.5) is 5.69 Å². The Morgan fingerprint density at radius 2 is 1.83 bits per heavy atom. The number of rotatable bonds is 7. The minimum absolute atomic E-state index is 0. The second-order valence-electron chi connectivity index (χ2n) is 7.33. The van der Waals surface area contributed by atoms with E-state index < -0.39 is 0 Å². The number of piperazine rings is 1. The lowest BCUT2D eigenvalue weighted by Crippen LogP contribution is -2.53. The van der Waals surface area contributed by atoms with Crippen molar-refractivity contribution < 1.29 is 0 Å². The van der Waals surface area contributed by atoms with Crippen molar-refractivity contribution in [2.75, 3.05) is 51.2 Å². The zero-order valence-electron chi connectivity index (χ0n) is 17.7. The molecule has 1 unspecified atom stereocenters. The monoisotopic (exact) mass is 542 g/mol. The third-order valence-electron chi connectivity index (χ3n) is 5.34. The van der Waals surface area contributed by atoms with Gasteiger partial charge >= 0.3 is 0 Å². The van der Waals surface area contributed by atoms with Gasteiger partial charge in [-0.05, 0) is 37.1 Å². The van der Waals surface area contributed by atoms with Gasteiger partial charge < -0.3 is 15.5 Å². The summed E-state index contributed by atoms with van der Waals surface area (Å²) in [5.74, 6) is 0.835. The number of nitrogens with zero attached hydrogens (tertiary/aromatic N) is 4. The van der Waals surface area contributed by atoms with Gasteiger partial charge in [0.2, 0.25) is 0 Å². The normalized spacial score (nSPS) is 16.0. The van der Waals surface area contributed by atoms with Crippen molar-refractivity contribution in [1.82, 2.24) is 20.5 Å². The van der Waals surface area contributed by atoms with Gasteiger partial charge in [0.15, 0.2) is 5.96 Å². The Kier molecular flexibility index (Phi) is 10.7. The van der Waals surface area contributed by atoms with Crippen molar-refractivity contribution >= 4 is 47.2 Å². The molecule has 1 saturated heterocycles. The lowest BCUT2D eigenvalue weighted by molar-refractivity contribution is 0.197. The van der Waals surface area contributed by atoms with E-state index in [-0.39, 0.29) is 24.0 Å². The molecule has 0 spiro atoms. The third kappa shape index (κ3) is 7.59. The fraction of sp³-hybridized carbons (Fsp3) is 0.455. The Morgan fingerprint density at radius 1 is 1.10 bits per heavy atom. The van der Waals surface area contributed by atoms with E-state index in [0.717, 1.165) is 57.2 Å². The molecule has 8 heteroatoms. The molecule has 164 valence electrons. The number of aliphatic imine (C=N–C) groups is 1. The molecule has 0 amide bonds.